The number of rotatable bonds is 8. The number of nitrogens with zero attached hydrogens (tertiary/aromatic N) is 2. The van der Waals surface area contributed by atoms with Crippen molar-refractivity contribution in [1.29, 1.82) is 5.26 Å². The lowest BCUT2D eigenvalue weighted by atomic mass is 10.1. The molecule has 0 aliphatic rings. The third kappa shape index (κ3) is 6.73. The van der Waals surface area contributed by atoms with Gasteiger partial charge >= 0.3 is 0 Å². The Hall–Kier alpha value is -1.40. The largest absolute Gasteiger partial charge is 0.299 e. The zero-order valence-electron chi connectivity index (χ0n) is 13.7. The SMILES string of the molecule is CC(C)CCN(CCC(C)C)Cc1cc(C#N)ccc1F. The number of hydrogen-bond acceptors (Lipinski definition) is 2. The topological polar surface area (TPSA) is 27.0 Å². The molecule has 0 amide bonds. The average molecular weight is 290 g/mol. The van der Waals surface area contributed by atoms with Crippen molar-refractivity contribution in [2.45, 2.75) is 47.1 Å². The van der Waals surface area contributed by atoms with E-state index in [1.807, 2.05) is 0 Å². The van der Waals surface area contributed by atoms with Gasteiger partial charge in [-0.05, 0) is 56.0 Å². The third-order valence-corrected chi connectivity index (χ3v) is 3.61. The van der Waals surface area contributed by atoms with Crippen LogP contribution in [0, 0.1) is 29.0 Å². The minimum absolute atomic E-state index is 0.215. The van der Waals surface area contributed by atoms with Gasteiger partial charge in [0.05, 0.1) is 11.6 Å². The standard InChI is InChI=1S/C18H27FN2/c1-14(2)7-9-21(10-8-15(3)4)13-17-11-16(12-20)5-6-18(17)19/h5-6,11,14-15H,7-10,13H2,1-4H3. The van der Waals surface area contributed by atoms with Crippen molar-refractivity contribution in [1.82, 2.24) is 4.90 Å². The van der Waals surface area contributed by atoms with Gasteiger partial charge in [0.25, 0.3) is 0 Å². The smallest absolute Gasteiger partial charge is 0.127 e. The van der Waals surface area contributed by atoms with E-state index >= 15 is 0 Å². The van der Waals surface area contributed by atoms with Crippen LogP contribution in [-0.4, -0.2) is 18.0 Å². The minimum atomic E-state index is -0.215. The highest BCUT2D eigenvalue weighted by Crippen LogP contribution is 2.15. The maximum atomic E-state index is 13.9. The van der Waals surface area contributed by atoms with Crippen molar-refractivity contribution >= 4 is 0 Å². The Kier molecular flexibility index (Phi) is 7.39. The van der Waals surface area contributed by atoms with E-state index < -0.39 is 0 Å². The summed E-state index contributed by atoms with van der Waals surface area (Å²) in [6.07, 6.45) is 2.22. The van der Waals surface area contributed by atoms with Crippen molar-refractivity contribution < 1.29 is 4.39 Å². The maximum Gasteiger partial charge on any atom is 0.127 e. The Labute approximate surface area is 128 Å². The van der Waals surface area contributed by atoms with Crippen LogP contribution in [0.25, 0.3) is 0 Å². The second kappa shape index (κ2) is 8.79. The van der Waals surface area contributed by atoms with Crippen LogP contribution in [-0.2, 0) is 6.54 Å². The highest BCUT2D eigenvalue weighted by Gasteiger charge is 2.12. The third-order valence-electron chi connectivity index (χ3n) is 3.61. The van der Waals surface area contributed by atoms with E-state index in [9.17, 15) is 4.39 Å². The monoisotopic (exact) mass is 290 g/mol. The molecule has 0 bridgehead atoms. The van der Waals surface area contributed by atoms with Gasteiger partial charge in [0, 0.05) is 12.1 Å². The molecule has 116 valence electrons. The van der Waals surface area contributed by atoms with Crippen molar-refractivity contribution in [3.05, 3.63) is 35.1 Å². The molecule has 0 aromatic heterocycles. The Morgan fingerprint density at radius 2 is 1.67 bits per heavy atom. The van der Waals surface area contributed by atoms with Gasteiger partial charge in [-0.1, -0.05) is 27.7 Å². The van der Waals surface area contributed by atoms with Gasteiger partial charge in [0.1, 0.15) is 5.82 Å². The molecule has 0 fully saturated rings. The van der Waals surface area contributed by atoms with Gasteiger partial charge in [0.2, 0.25) is 0 Å². The summed E-state index contributed by atoms with van der Waals surface area (Å²) < 4.78 is 13.9. The first-order chi connectivity index (χ1) is 9.92. The van der Waals surface area contributed by atoms with Crippen LogP contribution in [0.15, 0.2) is 18.2 Å². The summed E-state index contributed by atoms with van der Waals surface area (Å²) in [5.74, 6) is 1.07. The van der Waals surface area contributed by atoms with Crippen molar-refractivity contribution in [3.8, 4) is 6.07 Å². The molecule has 0 unspecified atom stereocenters. The van der Waals surface area contributed by atoms with E-state index in [4.69, 9.17) is 5.26 Å². The zero-order chi connectivity index (χ0) is 15.8. The maximum absolute atomic E-state index is 13.9. The first-order valence-electron chi connectivity index (χ1n) is 7.83. The first-order valence-corrected chi connectivity index (χ1v) is 7.83. The molecular weight excluding hydrogens is 263 g/mol. The van der Waals surface area contributed by atoms with Crippen LogP contribution < -0.4 is 0 Å². The van der Waals surface area contributed by atoms with E-state index in [0.29, 0.717) is 29.5 Å². The van der Waals surface area contributed by atoms with E-state index in [2.05, 4.69) is 38.7 Å². The molecule has 1 rings (SSSR count). The molecule has 1 aromatic rings. The second-order valence-electron chi connectivity index (χ2n) is 6.56. The van der Waals surface area contributed by atoms with Crippen LogP contribution in [0.5, 0.6) is 0 Å². The molecule has 0 radical (unpaired) electrons. The molecule has 21 heavy (non-hydrogen) atoms. The molecule has 0 N–H and O–H groups in total. The summed E-state index contributed by atoms with van der Waals surface area (Å²) in [4.78, 5) is 2.31. The quantitative estimate of drug-likeness (QED) is 0.700. The molecule has 0 aliphatic carbocycles. The Morgan fingerprint density at radius 3 is 2.14 bits per heavy atom. The lowest BCUT2D eigenvalue weighted by Gasteiger charge is -2.24. The van der Waals surface area contributed by atoms with Crippen LogP contribution in [0.3, 0.4) is 0 Å². The predicted molar refractivity (Wildman–Crippen MR) is 85.3 cm³/mol. The molecule has 0 spiro atoms. The van der Waals surface area contributed by atoms with Gasteiger partial charge in [0.15, 0.2) is 0 Å². The summed E-state index contributed by atoms with van der Waals surface area (Å²) in [6.45, 7) is 11.4. The summed E-state index contributed by atoms with van der Waals surface area (Å²) in [7, 11) is 0. The van der Waals surface area contributed by atoms with Crippen LogP contribution in [0.2, 0.25) is 0 Å². The predicted octanol–water partition coefficient (Wildman–Crippen LogP) is 4.59. The van der Waals surface area contributed by atoms with Gasteiger partial charge in [-0.2, -0.15) is 5.26 Å². The van der Waals surface area contributed by atoms with Crippen molar-refractivity contribution in [2.75, 3.05) is 13.1 Å². The van der Waals surface area contributed by atoms with Crippen LogP contribution >= 0.6 is 0 Å². The van der Waals surface area contributed by atoms with Crippen LogP contribution in [0.1, 0.15) is 51.7 Å². The normalized spacial score (nSPS) is 11.4. The molecule has 2 nitrogen and oxygen atoms in total. The van der Waals surface area contributed by atoms with E-state index in [-0.39, 0.29) is 5.82 Å². The molecular formula is C18H27FN2. The fourth-order valence-electron chi connectivity index (χ4n) is 2.16. The Balaban J connectivity index is 2.76. The van der Waals surface area contributed by atoms with Crippen molar-refractivity contribution in [2.24, 2.45) is 11.8 Å². The average Bonchev–Trinajstić information content (AvgIpc) is 2.43. The van der Waals surface area contributed by atoms with E-state index in [0.717, 1.165) is 25.9 Å². The summed E-state index contributed by atoms with van der Waals surface area (Å²) in [5.41, 5.74) is 1.15. The molecule has 0 saturated carbocycles. The van der Waals surface area contributed by atoms with Gasteiger partial charge in [-0.25, -0.2) is 4.39 Å². The summed E-state index contributed by atoms with van der Waals surface area (Å²) in [6, 6.07) is 6.69. The first kappa shape index (κ1) is 17.7. The number of halogens is 1. The lowest BCUT2D eigenvalue weighted by Crippen LogP contribution is -2.27. The van der Waals surface area contributed by atoms with E-state index in [1.165, 1.54) is 12.1 Å². The highest BCUT2D eigenvalue weighted by atomic mass is 19.1. The molecule has 1 aromatic carbocycles. The van der Waals surface area contributed by atoms with Crippen molar-refractivity contribution in [3.63, 3.8) is 0 Å². The fraction of sp³-hybridized carbons (Fsp3) is 0.611. The lowest BCUT2D eigenvalue weighted by molar-refractivity contribution is 0.233. The fourth-order valence-corrected chi connectivity index (χ4v) is 2.16. The van der Waals surface area contributed by atoms with Gasteiger partial charge in [-0.3, -0.25) is 4.90 Å². The Morgan fingerprint density at radius 1 is 1.10 bits per heavy atom. The molecule has 0 saturated heterocycles. The van der Waals surface area contributed by atoms with Gasteiger partial charge in [-0.15, -0.1) is 0 Å². The Bertz CT molecular complexity index is 463. The van der Waals surface area contributed by atoms with E-state index in [1.54, 1.807) is 6.07 Å². The van der Waals surface area contributed by atoms with Crippen LogP contribution in [0.4, 0.5) is 4.39 Å². The molecule has 0 heterocycles. The summed E-state index contributed by atoms with van der Waals surface area (Å²) in [5, 5.41) is 8.95. The summed E-state index contributed by atoms with van der Waals surface area (Å²) >= 11 is 0. The second-order valence-corrected chi connectivity index (χ2v) is 6.56. The molecule has 3 heteroatoms. The van der Waals surface area contributed by atoms with Gasteiger partial charge < -0.3 is 0 Å². The molecule has 0 atom stereocenters. The highest BCUT2D eigenvalue weighted by molar-refractivity contribution is 5.33. The zero-order valence-corrected chi connectivity index (χ0v) is 13.7. The minimum Gasteiger partial charge on any atom is -0.299 e. The number of benzene rings is 1. The number of hydrogen-bond donors (Lipinski definition) is 0. The number of nitriles is 1. The molecule has 0 aliphatic heterocycles.